The lowest BCUT2D eigenvalue weighted by Gasteiger charge is -2.22. The van der Waals surface area contributed by atoms with E-state index in [0.29, 0.717) is 47.6 Å². The van der Waals surface area contributed by atoms with Crippen LogP contribution >= 0.6 is 0 Å². The molecule has 37 heavy (non-hydrogen) atoms. The number of nitrogens with two attached hydrogens (primary N) is 1. The predicted octanol–water partition coefficient (Wildman–Crippen LogP) is 5.70. The Morgan fingerprint density at radius 2 is 1.76 bits per heavy atom. The number of ether oxygens (including phenoxy) is 4. The zero-order valence-electron chi connectivity index (χ0n) is 22.1. The van der Waals surface area contributed by atoms with E-state index >= 15 is 0 Å². The Bertz CT molecular complexity index is 1250. The van der Waals surface area contributed by atoms with E-state index in [9.17, 15) is 4.79 Å². The van der Waals surface area contributed by atoms with Gasteiger partial charge in [0.1, 0.15) is 40.8 Å². The molecule has 2 aromatic carbocycles. The van der Waals surface area contributed by atoms with E-state index in [4.69, 9.17) is 24.7 Å². The van der Waals surface area contributed by atoms with Crippen molar-refractivity contribution in [2.75, 3.05) is 31.8 Å². The van der Waals surface area contributed by atoms with Gasteiger partial charge in [-0.15, -0.1) is 0 Å². The summed E-state index contributed by atoms with van der Waals surface area (Å²) in [4.78, 5) is 17.5. The van der Waals surface area contributed by atoms with Crippen molar-refractivity contribution in [1.29, 1.82) is 0 Å². The molecule has 3 N–H and O–H groups in total. The van der Waals surface area contributed by atoms with Crippen LogP contribution in [0.25, 0.3) is 11.3 Å². The summed E-state index contributed by atoms with van der Waals surface area (Å²) in [7, 11) is 3.36. The van der Waals surface area contributed by atoms with Gasteiger partial charge in [-0.3, -0.25) is 0 Å². The zero-order valence-corrected chi connectivity index (χ0v) is 22.1. The van der Waals surface area contributed by atoms with Gasteiger partial charge in [0.05, 0.1) is 30.7 Å². The number of esters is 1. The maximum Gasteiger partial charge on any atom is 0.344 e. The van der Waals surface area contributed by atoms with E-state index < -0.39 is 11.6 Å². The highest BCUT2D eigenvalue weighted by molar-refractivity contribution is 6.01. The van der Waals surface area contributed by atoms with E-state index in [1.165, 1.54) is 12.8 Å². The highest BCUT2D eigenvalue weighted by atomic mass is 16.6. The molecule has 0 unspecified atom stereocenters. The zero-order chi connectivity index (χ0) is 26.6. The van der Waals surface area contributed by atoms with Gasteiger partial charge in [-0.2, -0.15) is 0 Å². The highest BCUT2D eigenvalue weighted by Crippen LogP contribution is 2.41. The van der Waals surface area contributed by atoms with Crippen LogP contribution in [0.2, 0.25) is 0 Å². The summed E-state index contributed by atoms with van der Waals surface area (Å²) in [5.74, 6) is 2.12. The van der Waals surface area contributed by atoms with E-state index in [1.54, 1.807) is 20.2 Å². The molecule has 1 aromatic heterocycles. The van der Waals surface area contributed by atoms with Gasteiger partial charge in [0.15, 0.2) is 0 Å². The predicted molar refractivity (Wildman–Crippen MR) is 144 cm³/mol. The monoisotopic (exact) mass is 505 g/mol. The summed E-state index contributed by atoms with van der Waals surface area (Å²) in [6.45, 7) is 6.39. The second-order valence-corrected chi connectivity index (χ2v) is 10.1. The largest absolute Gasteiger partial charge is 0.497 e. The summed E-state index contributed by atoms with van der Waals surface area (Å²) in [5.41, 5.74) is 8.56. The average Bonchev–Trinajstić information content (AvgIpc) is 3.69. The molecule has 0 aliphatic heterocycles. The number of anilines is 2. The molecule has 4 rings (SSSR count). The third-order valence-electron chi connectivity index (χ3n) is 5.89. The number of carbonyl (C=O) groups is 1. The fraction of sp³-hybridized carbons (Fsp3) is 0.379. The quantitative estimate of drug-likeness (QED) is 0.338. The topological polar surface area (TPSA) is 105 Å². The molecule has 196 valence electrons. The first-order valence-electron chi connectivity index (χ1n) is 12.4. The third-order valence-corrected chi connectivity index (χ3v) is 5.89. The number of hydrogen-bond acceptors (Lipinski definition) is 8. The van der Waals surface area contributed by atoms with Gasteiger partial charge in [-0.05, 0) is 75.4 Å². The molecule has 0 saturated heterocycles. The summed E-state index contributed by atoms with van der Waals surface area (Å²) in [6.07, 6.45) is 2.34. The van der Waals surface area contributed by atoms with Gasteiger partial charge in [0, 0.05) is 7.05 Å². The minimum Gasteiger partial charge on any atom is -0.497 e. The minimum atomic E-state index is -0.668. The molecule has 8 nitrogen and oxygen atoms in total. The molecule has 1 aliphatic rings. The van der Waals surface area contributed by atoms with Crippen LogP contribution in [0, 0.1) is 5.92 Å². The van der Waals surface area contributed by atoms with Crippen molar-refractivity contribution in [3.63, 3.8) is 0 Å². The van der Waals surface area contributed by atoms with E-state index in [2.05, 4.69) is 10.3 Å². The normalized spacial score (nSPS) is 13.1. The molecule has 1 fully saturated rings. The molecular weight excluding hydrogens is 470 g/mol. The van der Waals surface area contributed by atoms with Gasteiger partial charge in [0.2, 0.25) is 0 Å². The molecule has 0 bridgehead atoms. The Kier molecular flexibility index (Phi) is 7.76. The van der Waals surface area contributed by atoms with Crippen molar-refractivity contribution in [3.8, 4) is 28.5 Å². The van der Waals surface area contributed by atoms with Crippen LogP contribution in [0.1, 0.15) is 49.5 Å². The summed E-state index contributed by atoms with van der Waals surface area (Å²) < 4.78 is 23.3. The van der Waals surface area contributed by atoms with Crippen molar-refractivity contribution in [2.24, 2.45) is 5.92 Å². The standard InChI is InChI=1S/C29H35N3O5/c1-29(2,3)37-28(33)26-21(31-4)15-22(32-27(26)30)25-23(35-16-18-9-10-18)7-6-8-24(25)36-17-19-11-13-20(34-5)14-12-19/h6-8,11-15,18H,9-10,16-17H2,1-5H3,(H3,30,31,32). The van der Waals surface area contributed by atoms with Crippen LogP contribution in [0.5, 0.6) is 17.2 Å². The van der Waals surface area contributed by atoms with Gasteiger partial charge in [0.25, 0.3) is 0 Å². The molecular formula is C29H35N3O5. The molecule has 1 saturated carbocycles. The molecule has 1 heterocycles. The Hall–Kier alpha value is -3.94. The van der Waals surface area contributed by atoms with Crippen molar-refractivity contribution < 1.29 is 23.7 Å². The number of nitrogens with one attached hydrogen (secondary N) is 1. The highest BCUT2D eigenvalue weighted by Gasteiger charge is 2.27. The number of carbonyl (C=O) groups excluding carboxylic acids is 1. The summed E-state index contributed by atoms with van der Waals surface area (Å²) >= 11 is 0. The smallest absolute Gasteiger partial charge is 0.344 e. The maximum atomic E-state index is 12.9. The number of nitrogens with zero attached hydrogens (tertiary/aromatic N) is 1. The van der Waals surface area contributed by atoms with Crippen LogP contribution in [-0.2, 0) is 11.3 Å². The van der Waals surface area contributed by atoms with E-state index in [0.717, 1.165) is 11.3 Å². The minimum absolute atomic E-state index is 0.0641. The Morgan fingerprint density at radius 1 is 1.08 bits per heavy atom. The Labute approximate surface area is 218 Å². The molecule has 8 heteroatoms. The molecule has 0 radical (unpaired) electrons. The average molecular weight is 506 g/mol. The van der Waals surface area contributed by atoms with Gasteiger partial charge in [-0.1, -0.05) is 18.2 Å². The van der Waals surface area contributed by atoms with Crippen LogP contribution in [0.3, 0.4) is 0 Å². The lowest BCUT2D eigenvalue weighted by atomic mass is 10.1. The van der Waals surface area contributed by atoms with Crippen LogP contribution in [0.15, 0.2) is 48.5 Å². The summed E-state index contributed by atoms with van der Waals surface area (Å²) in [5, 5.41) is 3.07. The first-order valence-corrected chi connectivity index (χ1v) is 12.4. The van der Waals surface area contributed by atoms with Gasteiger partial charge < -0.3 is 30.0 Å². The lowest BCUT2D eigenvalue weighted by Crippen LogP contribution is -2.25. The van der Waals surface area contributed by atoms with Crippen molar-refractivity contribution in [3.05, 3.63) is 59.7 Å². The van der Waals surface area contributed by atoms with E-state index in [-0.39, 0.29) is 11.4 Å². The van der Waals surface area contributed by atoms with Gasteiger partial charge in [-0.25, -0.2) is 9.78 Å². The first kappa shape index (κ1) is 26.1. The second-order valence-electron chi connectivity index (χ2n) is 10.1. The third kappa shape index (κ3) is 6.64. The van der Waals surface area contributed by atoms with Crippen LogP contribution in [-0.4, -0.2) is 37.3 Å². The SMILES string of the molecule is CNc1cc(-c2c(OCc3ccc(OC)cc3)cccc2OCC2CC2)nc(N)c1C(=O)OC(C)(C)C. The number of pyridine rings is 1. The molecule has 0 spiro atoms. The molecule has 0 atom stereocenters. The molecule has 1 aliphatic carbocycles. The number of aromatic nitrogens is 1. The van der Waals surface area contributed by atoms with E-state index in [1.807, 2.05) is 63.2 Å². The number of methoxy groups -OCH3 is 1. The van der Waals surface area contributed by atoms with Crippen LogP contribution < -0.4 is 25.3 Å². The number of rotatable bonds is 10. The number of nitrogen functional groups attached to an aromatic ring is 1. The Morgan fingerprint density at radius 3 is 2.35 bits per heavy atom. The second kappa shape index (κ2) is 11.0. The molecule has 0 amide bonds. The van der Waals surface area contributed by atoms with Crippen molar-refractivity contribution in [2.45, 2.75) is 45.8 Å². The summed E-state index contributed by atoms with van der Waals surface area (Å²) in [6, 6.07) is 15.1. The van der Waals surface area contributed by atoms with Crippen molar-refractivity contribution >= 4 is 17.5 Å². The number of benzene rings is 2. The van der Waals surface area contributed by atoms with Crippen LogP contribution in [0.4, 0.5) is 11.5 Å². The fourth-order valence-corrected chi connectivity index (χ4v) is 3.81. The Balaban J connectivity index is 1.71. The fourth-order valence-electron chi connectivity index (χ4n) is 3.81. The maximum absolute atomic E-state index is 12.9. The van der Waals surface area contributed by atoms with Crippen molar-refractivity contribution in [1.82, 2.24) is 4.98 Å². The first-order chi connectivity index (χ1) is 17.7. The molecule has 3 aromatic rings. The number of hydrogen-bond donors (Lipinski definition) is 2. The van der Waals surface area contributed by atoms with Gasteiger partial charge >= 0.3 is 5.97 Å². The lowest BCUT2D eigenvalue weighted by molar-refractivity contribution is 0.00716.